The lowest BCUT2D eigenvalue weighted by Gasteiger charge is -2.25. The molecule has 1 rings (SSSR count). The quantitative estimate of drug-likeness (QED) is 0.565. The lowest BCUT2D eigenvalue weighted by atomic mass is 10.3. The van der Waals surface area contributed by atoms with Gasteiger partial charge in [-0.1, -0.05) is 0 Å². The van der Waals surface area contributed by atoms with Crippen LogP contribution in [-0.2, 0) is 0 Å². The Hall–Kier alpha value is -0.680. The van der Waals surface area contributed by atoms with Crippen molar-refractivity contribution in [2.75, 3.05) is 13.3 Å². The van der Waals surface area contributed by atoms with Crippen molar-refractivity contribution in [3.63, 3.8) is 0 Å². The van der Waals surface area contributed by atoms with Crippen LogP contribution in [0, 0.1) is 0 Å². The molecule has 0 heterocycles. The highest BCUT2D eigenvalue weighted by atomic mass is 32.3. The molecule has 0 aliphatic carbocycles. The highest BCUT2D eigenvalue weighted by Crippen LogP contribution is 2.39. The first-order valence-electron chi connectivity index (χ1n) is 4.41. The molecule has 0 aromatic heterocycles. The molecule has 100 valence electrons. The number of hydrogen-bond acceptors (Lipinski definition) is 7. The normalized spacial score (nSPS) is 14.2. The molecule has 0 atom stereocenters. The molecule has 5 N–H and O–H groups in total. The van der Waals surface area contributed by atoms with E-state index in [1.165, 1.54) is 31.3 Å². The molecule has 0 amide bonds. The van der Waals surface area contributed by atoms with E-state index < -0.39 is 21.9 Å². The average molecular weight is 285 g/mol. The van der Waals surface area contributed by atoms with E-state index in [4.69, 9.17) is 17.5 Å². The van der Waals surface area contributed by atoms with Crippen LogP contribution >= 0.6 is 21.9 Å². The molecule has 0 bridgehead atoms. The molecule has 0 saturated heterocycles. The third-order valence-electron chi connectivity index (χ3n) is 1.56. The zero-order valence-electron chi connectivity index (χ0n) is 9.23. The maximum absolute atomic E-state index is 9.23. The summed E-state index contributed by atoms with van der Waals surface area (Å²) in [6, 6.07) is 5.65. The smallest absolute Gasteiger partial charge is 0.202 e. The molecule has 0 aliphatic rings. The molecule has 7 nitrogen and oxygen atoms in total. The first-order chi connectivity index (χ1) is 7.72. The molecule has 17 heavy (non-hydrogen) atoms. The molecule has 9 heteroatoms. The van der Waals surface area contributed by atoms with Gasteiger partial charge in [-0.15, -0.1) is 0 Å². The second-order valence-corrected chi connectivity index (χ2v) is 6.36. The van der Waals surface area contributed by atoms with Crippen molar-refractivity contribution in [3.05, 3.63) is 24.3 Å². The molecule has 1 aromatic rings. The van der Waals surface area contributed by atoms with E-state index in [0.29, 0.717) is 0 Å². The van der Waals surface area contributed by atoms with Gasteiger partial charge in [0.05, 0.1) is 0 Å². The van der Waals surface area contributed by atoms with E-state index in [1.807, 2.05) is 0 Å². The van der Waals surface area contributed by atoms with E-state index in [2.05, 4.69) is 4.72 Å². The standard InChI is InChI=1S/C8H15NO6S2/c1-9-17(12,13)15-8-5-3-7(4-6-8)14-16(2,10)11/h3-6,9-13H,1-2H3. The summed E-state index contributed by atoms with van der Waals surface area (Å²) in [5, 5.41) is 0. The SMILES string of the molecule is CNS(O)(O)Oc1ccc(OS(C)(O)O)cc1. The molecule has 1 aromatic carbocycles. The Morgan fingerprint density at radius 2 is 1.35 bits per heavy atom. The first kappa shape index (κ1) is 14.4. The van der Waals surface area contributed by atoms with E-state index in [-0.39, 0.29) is 11.5 Å². The monoisotopic (exact) mass is 285 g/mol. The topological polar surface area (TPSA) is 111 Å². The van der Waals surface area contributed by atoms with Gasteiger partial charge >= 0.3 is 0 Å². The summed E-state index contributed by atoms with van der Waals surface area (Å²) in [6.45, 7) is 0. The Morgan fingerprint density at radius 3 is 1.71 bits per heavy atom. The second-order valence-electron chi connectivity index (χ2n) is 3.10. The zero-order valence-corrected chi connectivity index (χ0v) is 10.9. The van der Waals surface area contributed by atoms with Crippen LogP contribution in [0.4, 0.5) is 0 Å². The Morgan fingerprint density at radius 1 is 0.941 bits per heavy atom. The zero-order chi connectivity index (χ0) is 13.1. The number of hydrogen-bond donors (Lipinski definition) is 5. The summed E-state index contributed by atoms with van der Waals surface area (Å²) >= 11 is -3.30. The van der Waals surface area contributed by atoms with Gasteiger partial charge in [-0.25, -0.2) is 4.72 Å². The van der Waals surface area contributed by atoms with Crippen LogP contribution in [0.3, 0.4) is 0 Å². The maximum atomic E-state index is 9.23. The largest absolute Gasteiger partial charge is 0.403 e. The maximum Gasteiger partial charge on any atom is 0.202 e. The fraction of sp³-hybridized carbons (Fsp3) is 0.250. The van der Waals surface area contributed by atoms with Gasteiger partial charge in [-0.2, -0.15) is 0 Å². The Balaban J connectivity index is 2.69. The van der Waals surface area contributed by atoms with Crippen LogP contribution in [0.1, 0.15) is 0 Å². The van der Waals surface area contributed by atoms with Gasteiger partial charge < -0.3 is 8.37 Å². The van der Waals surface area contributed by atoms with Crippen LogP contribution < -0.4 is 13.1 Å². The lowest BCUT2D eigenvalue weighted by Crippen LogP contribution is -2.19. The minimum Gasteiger partial charge on any atom is -0.403 e. The molecule has 0 unspecified atom stereocenters. The van der Waals surface area contributed by atoms with Crippen molar-refractivity contribution in [2.45, 2.75) is 0 Å². The third kappa shape index (κ3) is 5.46. The number of rotatable bonds is 5. The van der Waals surface area contributed by atoms with Crippen LogP contribution in [0.2, 0.25) is 0 Å². The predicted octanol–water partition coefficient (Wildman–Crippen LogP) is 2.54. The Labute approximate surface area is 103 Å². The number of benzene rings is 1. The minimum atomic E-state index is -3.30. The van der Waals surface area contributed by atoms with E-state index in [1.54, 1.807) is 0 Å². The van der Waals surface area contributed by atoms with Crippen molar-refractivity contribution in [1.29, 1.82) is 0 Å². The fourth-order valence-corrected chi connectivity index (χ4v) is 1.85. The van der Waals surface area contributed by atoms with Gasteiger partial charge in [0, 0.05) is 6.26 Å². The molecule has 0 radical (unpaired) electrons. The Bertz CT molecular complexity index is 363. The fourth-order valence-electron chi connectivity index (χ4n) is 0.909. The van der Waals surface area contributed by atoms with E-state index in [0.717, 1.165) is 6.26 Å². The Kier molecular flexibility index (Phi) is 4.49. The van der Waals surface area contributed by atoms with E-state index in [9.17, 15) is 9.11 Å². The highest BCUT2D eigenvalue weighted by Gasteiger charge is 2.16. The van der Waals surface area contributed by atoms with Gasteiger partial charge in [0.25, 0.3) is 0 Å². The highest BCUT2D eigenvalue weighted by molar-refractivity contribution is 8.19. The van der Waals surface area contributed by atoms with Crippen molar-refractivity contribution in [3.8, 4) is 11.5 Å². The summed E-state index contributed by atoms with van der Waals surface area (Å²) in [5.41, 5.74) is 0. The van der Waals surface area contributed by atoms with Crippen LogP contribution in [0.25, 0.3) is 0 Å². The third-order valence-corrected chi connectivity index (χ3v) is 3.02. The van der Waals surface area contributed by atoms with Crippen molar-refractivity contribution >= 4 is 21.9 Å². The predicted molar refractivity (Wildman–Crippen MR) is 68.4 cm³/mol. The number of nitrogens with one attached hydrogen (secondary N) is 1. The van der Waals surface area contributed by atoms with Crippen LogP contribution in [0.15, 0.2) is 24.3 Å². The summed E-state index contributed by atoms with van der Waals surface area (Å²) in [7, 11) is -1.73. The molecular formula is C8H15NO6S2. The summed E-state index contributed by atoms with van der Waals surface area (Å²) in [5.74, 6) is 0.445. The van der Waals surface area contributed by atoms with Gasteiger partial charge in [0.1, 0.15) is 22.4 Å². The van der Waals surface area contributed by atoms with Gasteiger partial charge in [-0.3, -0.25) is 18.2 Å². The van der Waals surface area contributed by atoms with Crippen LogP contribution in [0.5, 0.6) is 11.5 Å². The van der Waals surface area contributed by atoms with Gasteiger partial charge in [-0.05, 0) is 31.3 Å². The van der Waals surface area contributed by atoms with Crippen LogP contribution in [-0.4, -0.2) is 31.5 Å². The molecule has 0 saturated carbocycles. The molecule has 0 aliphatic heterocycles. The van der Waals surface area contributed by atoms with Crippen molar-refractivity contribution in [2.24, 2.45) is 0 Å². The summed E-state index contributed by atoms with van der Waals surface area (Å²) in [6.07, 6.45) is 1.15. The van der Waals surface area contributed by atoms with Crippen molar-refractivity contribution in [1.82, 2.24) is 4.72 Å². The lowest BCUT2D eigenvalue weighted by molar-refractivity contribution is 0.370. The minimum absolute atomic E-state index is 0.208. The average Bonchev–Trinajstić information content (AvgIpc) is 2.19. The summed E-state index contributed by atoms with van der Waals surface area (Å²) < 4.78 is 48.5. The first-order valence-corrected chi connectivity index (χ1v) is 7.76. The second kappa shape index (κ2) is 5.31. The van der Waals surface area contributed by atoms with Gasteiger partial charge in [0.2, 0.25) is 11.1 Å². The van der Waals surface area contributed by atoms with Crippen molar-refractivity contribution < 1.29 is 26.6 Å². The molecular weight excluding hydrogens is 270 g/mol. The molecule has 0 fully saturated rings. The van der Waals surface area contributed by atoms with E-state index >= 15 is 0 Å². The van der Waals surface area contributed by atoms with Gasteiger partial charge in [0.15, 0.2) is 0 Å². The summed E-state index contributed by atoms with van der Waals surface area (Å²) in [4.78, 5) is 0. The molecule has 0 spiro atoms.